The number of hydrogen-bond donors (Lipinski definition) is 0. The van der Waals surface area contributed by atoms with Crippen LogP contribution in [-0.4, -0.2) is 18.5 Å². The van der Waals surface area contributed by atoms with Crippen LogP contribution >= 0.6 is 0 Å². The van der Waals surface area contributed by atoms with Gasteiger partial charge in [-0.05, 0) is 43.7 Å². The zero-order chi connectivity index (χ0) is 14.9. The molecule has 1 aromatic carbocycles. The van der Waals surface area contributed by atoms with E-state index < -0.39 is 23.0 Å². The number of carbonyl (C=O) groups is 1. The Morgan fingerprint density at radius 2 is 2.05 bits per heavy atom. The van der Waals surface area contributed by atoms with Gasteiger partial charge < -0.3 is 4.74 Å². The number of ether oxygens (including phenoxy) is 1. The van der Waals surface area contributed by atoms with Crippen LogP contribution in [-0.2, 0) is 4.74 Å². The summed E-state index contributed by atoms with van der Waals surface area (Å²) in [6.45, 7) is 3.52. The average molecular weight is 282 g/mol. The highest BCUT2D eigenvalue weighted by molar-refractivity contribution is 6.02. The highest BCUT2D eigenvalue weighted by Crippen LogP contribution is 2.37. The molecule has 0 amide bonds. The predicted octanol–water partition coefficient (Wildman–Crippen LogP) is 4.05. The third-order valence-electron chi connectivity index (χ3n) is 4.28. The molecule has 2 atom stereocenters. The molecule has 0 N–H and O–H groups in total. The largest absolute Gasteiger partial charge is 0.370 e. The van der Waals surface area contributed by atoms with Crippen molar-refractivity contribution < 1.29 is 18.3 Å². The quantitative estimate of drug-likeness (QED) is 0.782. The van der Waals surface area contributed by atoms with Gasteiger partial charge in [0.1, 0.15) is 5.60 Å². The maximum Gasteiger partial charge on any atom is 0.197 e. The zero-order valence-corrected chi connectivity index (χ0v) is 12.1. The van der Waals surface area contributed by atoms with Crippen LogP contribution in [0, 0.1) is 24.5 Å². The fraction of sp³-hybridized carbons (Fsp3) is 0.562. The van der Waals surface area contributed by atoms with E-state index >= 15 is 0 Å². The third-order valence-corrected chi connectivity index (χ3v) is 4.28. The fourth-order valence-corrected chi connectivity index (χ4v) is 3.05. The molecule has 2 unspecified atom stereocenters. The Hall–Kier alpha value is -1.29. The number of rotatable bonds is 3. The number of carbonyl (C=O) groups excluding carboxylic acids is 1. The monoisotopic (exact) mass is 282 g/mol. The van der Waals surface area contributed by atoms with Crippen molar-refractivity contribution >= 4 is 5.78 Å². The Bertz CT molecular complexity index is 527. The van der Waals surface area contributed by atoms with E-state index in [9.17, 15) is 13.6 Å². The lowest BCUT2D eigenvalue weighted by Gasteiger charge is -2.37. The SMILES string of the molecule is COC1(C(=O)c2ccc(C)c(F)c2F)CCCC(C)C1. The number of halogens is 2. The van der Waals surface area contributed by atoms with Gasteiger partial charge in [0, 0.05) is 7.11 Å². The highest BCUT2D eigenvalue weighted by Gasteiger charge is 2.43. The van der Waals surface area contributed by atoms with Crippen molar-refractivity contribution in [2.24, 2.45) is 5.92 Å². The number of aryl methyl sites for hydroxylation is 1. The first-order valence-electron chi connectivity index (χ1n) is 6.96. The van der Waals surface area contributed by atoms with E-state index in [1.165, 1.54) is 26.2 Å². The van der Waals surface area contributed by atoms with E-state index in [1.807, 2.05) is 6.92 Å². The molecule has 20 heavy (non-hydrogen) atoms. The highest BCUT2D eigenvalue weighted by atomic mass is 19.2. The van der Waals surface area contributed by atoms with Crippen molar-refractivity contribution in [2.75, 3.05) is 7.11 Å². The van der Waals surface area contributed by atoms with E-state index in [0.717, 1.165) is 12.8 Å². The second-order valence-electron chi connectivity index (χ2n) is 5.79. The predicted molar refractivity (Wildman–Crippen MR) is 72.8 cm³/mol. The molecule has 1 saturated carbocycles. The van der Waals surface area contributed by atoms with Gasteiger partial charge in [-0.1, -0.05) is 19.4 Å². The molecule has 2 nitrogen and oxygen atoms in total. The molecule has 0 aromatic heterocycles. The molecule has 0 saturated heterocycles. The van der Waals surface area contributed by atoms with Crippen LogP contribution in [0.25, 0.3) is 0 Å². The van der Waals surface area contributed by atoms with Gasteiger partial charge in [0.25, 0.3) is 0 Å². The van der Waals surface area contributed by atoms with Crippen LogP contribution in [0.5, 0.6) is 0 Å². The van der Waals surface area contributed by atoms with Gasteiger partial charge in [0.05, 0.1) is 5.56 Å². The van der Waals surface area contributed by atoms with Gasteiger partial charge in [-0.3, -0.25) is 4.79 Å². The zero-order valence-electron chi connectivity index (χ0n) is 12.1. The smallest absolute Gasteiger partial charge is 0.197 e. The van der Waals surface area contributed by atoms with Crippen LogP contribution in [0.1, 0.15) is 48.5 Å². The minimum absolute atomic E-state index is 0.197. The summed E-state index contributed by atoms with van der Waals surface area (Å²) in [6, 6.07) is 2.79. The summed E-state index contributed by atoms with van der Waals surface area (Å²) in [4.78, 5) is 12.7. The van der Waals surface area contributed by atoms with Crippen LogP contribution < -0.4 is 0 Å². The van der Waals surface area contributed by atoms with Crippen LogP contribution in [0.2, 0.25) is 0 Å². The molecule has 2 rings (SSSR count). The normalized spacial score (nSPS) is 26.6. The van der Waals surface area contributed by atoms with Gasteiger partial charge in [0.2, 0.25) is 0 Å². The minimum Gasteiger partial charge on any atom is -0.370 e. The van der Waals surface area contributed by atoms with E-state index in [-0.39, 0.29) is 11.1 Å². The third kappa shape index (κ3) is 2.49. The molecule has 0 spiro atoms. The summed E-state index contributed by atoms with van der Waals surface area (Å²) in [5.41, 5.74) is -1.02. The first kappa shape index (κ1) is 15.1. The van der Waals surface area contributed by atoms with Gasteiger partial charge in [0.15, 0.2) is 17.4 Å². The molecule has 0 bridgehead atoms. The summed E-state index contributed by atoms with van der Waals surface area (Å²) in [6.07, 6.45) is 3.00. The molecule has 1 aromatic rings. The summed E-state index contributed by atoms with van der Waals surface area (Å²) >= 11 is 0. The molecule has 0 heterocycles. The van der Waals surface area contributed by atoms with Crippen molar-refractivity contribution in [3.8, 4) is 0 Å². The lowest BCUT2D eigenvalue weighted by Crippen LogP contribution is -2.45. The van der Waals surface area contributed by atoms with Crippen molar-refractivity contribution in [2.45, 2.75) is 45.1 Å². The lowest BCUT2D eigenvalue weighted by atomic mass is 9.74. The molecule has 1 aliphatic carbocycles. The Balaban J connectivity index is 2.41. The fourth-order valence-electron chi connectivity index (χ4n) is 3.05. The Kier molecular flexibility index (Phi) is 4.23. The molecular weight excluding hydrogens is 262 g/mol. The number of benzene rings is 1. The van der Waals surface area contributed by atoms with Crippen molar-refractivity contribution in [1.29, 1.82) is 0 Å². The van der Waals surface area contributed by atoms with E-state index in [0.29, 0.717) is 18.8 Å². The summed E-state index contributed by atoms with van der Waals surface area (Å²) < 4.78 is 33.1. The van der Waals surface area contributed by atoms with Crippen LogP contribution in [0.4, 0.5) is 8.78 Å². The number of hydrogen-bond acceptors (Lipinski definition) is 2. The van der Waals surface area contributed by atoms with E-state index in [4.69, 9.17) is 4.74 Å². The Labute approximate surface area is 118 Å². The molecule has 110 valence electrons. The molecule has 4 heteroatoms. The average Bonchev–Trinajstić information content (AvgIpc) is 2.44. The molecule has 0 radical (unpaired) electrons. The second kappa shape index (κ2) is 5.60. The maximum atomic E-state index is 14.0. The van der Waals surface area contributed by atoms with Gasteiger partial charge in [-0.2, -0.15) is 0 Å². The van der Waals surface area contributed by atoms with Gasteiger partial charge in [-0.15, -0.1) is 0 Å². The van der Waals surface area contributed by atoms with Crippen LogP contribution in [0.15, 0.2) is 12.1 Å². The topological polar surface area (TPSA) is 26.3 Å². The van der Waals surface area contributed by atoms with Crippen molar-refractivity contribution in [3.63, 3.8) is 0 Å². The summed E-state index contributed by atoms with van der Waals surface area (Å²) in [7, 11) is 1.47. The van der Waals surface area contributed by atoms with E-state index in [1.54, 1.807) is 0 Å². The van der Waals surface area contributed by atoms with E-state index in [2.05, 4.69) is 0 Å². The van der Waals surface area contributed by atoms with Crippen molar-refractivity contribution in [1.82, 2.24) is 0 Å². The Morgan fingerprint density at radius 3 is 2.65 bits per heavy atom. The van der Waals surface area contributed by atoms with Crippen LogP contribution in [0.3, 0.4) is 0 Å². The molecule has 0 aliphatic heterocycles. The number of Topliss-reactive ketones (excluding diaryl/α,β-unsaturated/α-hetero) is 1. The first-order valence-corrected chi connectivity index (χ1v) is 6.96. The minimum atomic E-state index is -1.07. The van der Waals surface area contributed by atoms with Crippen molar-refractivity contribution in [3.05, 3.63) is 34.9 Å². The summed E-state index contributed by atoms with van der Waals surface area (Å²) in [5, 5.41) is 0. The summed E-state index contributed by atoms with van der Waals surface area (Å²) in [5.74, 6) is -2.12. The lowest BCUT2D eigenvalue weighted by molar-refractivity contribution is -0.0305. The maximum absolute atomic E-state index is 14.0. The Morgan fingerprint density at radius 1 is 1.35 bits per heavy atom. The first-order chi connectivity index (χ1) is 9.41. The number of ketones is 1. The molecule has 1 fully saturated rings. The molecular formula is C16H20F2O2. The molecule has 1 aliphatic rings. The van der Waals surface area contributed by atoms with Gasteiger partial charge in [-0.25, -0.2) is 8.78 Å². The second-order valence-corrected chi connectivity index (χ2v) is 5.79. The standard InChI is InChI=1S/C16H20F2O2/c1-10-5-4-8-16(9-10,20-3)15(19)12-7-6-11(2)13(17)14(12)18/h6-7,10H,4-5,8-9H2,1-3H3. The number of methoxy groups -OCH3 is 1. The van der Waals surface area contributed by atoms with Gasteiger partial charge >= 0.3 is 0 Å².